The molecule has 0 unspecified atom stereocenters. The van der Waals surface area contributed by atoms with Gasteiger partial charge in [-0.3, -0.25) is 4.79 Å². The molecule has 1 rings (SSSR count). The Kier molecular flexibility index (Phi) is 3.02. The van der Waals surface area contributed by atoms with Crippen LogP contribution in [0.25, 0.3) is 0 Å². The average molecular weight is 254 g/mol. The summed E-state index contributed by atoms with van der Waals surface area (Å²) in [6.45, 7) is 0. The number of aromatic nitrogens is 1. The minimum atomic E-state index is -2.82. The van der Waals surface area contributed by atoms with E-state index in [0.29, 0.717) is 0 Å². The maximum Gasteiger partial charge on any atom is 0.280 e. The first kappa shape index (κ1) is 10.2. The van der Waals surface area contributed by atoms with E-state index < -0.39 is 23.6 Å². The predicted molar refractivity (Wildman–Crippen MR) is 42.2 cm³/mol. The molecule has 1 aromatic rings. The Morgan fingerprint density at radius 2 is 2.15 bits per heavy atom. The van der Waals surface area contributed by atoms with Gasteiger partial charge >= 0.3 is 0 Å². The summed E-state index contributed by atoms with van der Waals surface area (Å²) in [5, 5.41) is 0. The van der Waals surface area contributed by atoms with Crippen LogP contribution in [0.1, 0.15) is 22.6 Å². The molecule has 0 fully saturated rings. The molecule has 0 N–H and O–H groups in total. The quantitative estimate of drug-likeness (QED) is 0.759. The Balaban J connectivity index is 3.30. The second-order valence-electron chi connectivity index (χ2n) is 2.15. The van der Waals surface area contributed by atoms with Gasteiger partial charge in [-0.25, -0.2) is 18.2 Å². The number of rotatable bonds is 2. The van der Waals surface area contributed by atoms with Crippen LogP contribution in [-0.4, -0.2) is 11.3 Å². The summed E-state index contributed by atoms with van der Waals surface area (Å²) in [5.74, 6) is -0.931. The lowest BCUT2D eigenvalue weighted by Gasteiger charge is -2.02. The molecule has 6 heteroatoms. The zero-order valence-electron chi connectivity index (χ0n) is 6.10. The molecule has 0 aliphatic carbocycles. The van der Waals surface area contributed by atoms with E-state index in [1.165, 1.54) is 0 Å². The third kappa shape index (κ3) is 2.06. The first-order valence-electron chi connectivity index (χ1n) is 3.15. The molecule has 70 valence electrons. The number of carbonyl (C=O) groups excluding carboxylic acids is 1. The zero-order chi connectivity index (χ0) is 10.0. The van der Waals surface area contributed by atoms with Crippen molar-refractivity contribution in [3.63, 3.8) is 0 Å². The summed E-state index contributed by atoms with van der Waals surface area (Å²) >= 11 is 2.70. The van der Waals surface area contributed by atoms with E-state index in [9.17, 15) is 18.0 Å². The summed E-state index contributed by atoms with van der Waals surface area (Å²) in [5.41, 5.74) is -1.25. The Bertz CT molecular complexity index is 343. The lowest BCUT2D eigenvalue weighted by molar-refractivity contribution is 0.111. The molecule has 0 saturated heterocycles. The minimum Gasteiger partial charge on any atom is -0.296 e. The summed E-state index contributed by atoms with van der Waals surface area (Å²) in [6, 6.07) is 0.840. The number of hydrogen-bond donors (Lipinski definition) is 0. The Morgan fingerprint density at radius 3 is 2.62 bits per heavy atom. The number of carbonyl (C=O) groups is 1. The fourth-order valence-electron chi connectivity index (χ4n) is 0.726. The van der Waals surface area contributed by atoms with Crippen LogP contribution < -0.4 is 0 Å². The highest BCUT2D eigenvalue weighted by molar-refractivity contribution is 9.10. The molecule has 0 radical (unpaired) electrons. The van der Waals surface area contributed by atoms with Crippen molar-refractivity contribution in [2.75, 3.05) is 0 Å². The molecule has 2 nitrogen and oxygen atoms in total. The van der Waals surface area contributed by atoms with Crippen LogP contribution in [0.5, 0.6) is 0 Å². The lowest BCUT2D eigenvalue weighted by atomic mass is 10.3. The van der Waals surface area contributed by atoms with E-state index in [4.69, 9.17) is 0 Å². The van der Waals surface area contributed by atoms with Crippen molar-refractivity contribution < 1.29 is 18.0 Å². The molecule has 0 bridgehead atoms. The summed E-state index contributed by atoms with van der Waals surface area (Å²) < 4.78 is 36.8. The van der Waals surface area contributed by atoms with Crippen molar-refractivity contribution in [2.24, 2.45) is 0 Å². The Labute approximate surface area is 79.9 Å². The molecule has 0 saturated carbocycles. The van der Waals surface area contributed by atoms with Gasteiger partial charge in [0.2, 0.25) is 0 Å². The van der Waals surface area contributed by atoms with Gasteiger partial charge in [-0.2, -0.15) is 0 Å². The van der Waals surface area contributed by atoms with Crippen LogP contribution in [0.3, 0.4) is 0 Å². The fourth-order valence-corrected chi connectivity index (χ4v) is 1.16. The van der Waals surface area contributed by atoms with Gasteiger partial charge in [-0.05, 0) is 22.0 Å². The smallest absolute Gasteiger partial charge is 0.280 e. The standard InChI is InChI=1S/C7H3BrF3NO/c8-3-1-4(7(10)11)12-5(2-13)6(3)9/h1-2,7H. The molecule has 1 aromatic heterocycles. The van der Waals surface area contributed by atoms with E-state index in [2.05, 4.69) is 20.9 Å². The largest absolute Gasteiger partial charge is 0.296 e. The molecule has 0 aliphatic heterocycles. The SMILES string of the molecule is O=Cc1nc(C(F)F)cc(Br)c1F. The van der Waals surface area contributed by atoms with E-state index in [1.54, 1.807) is 0 Å². The molecule has 0 spiro atoms. The first-order valence-corrected chi connectivity index (χ1v) is 3.95. The van der Waals surface area contributed by atoms with Gasteiger partial charge < -0.3 is 0 Å². The van der Waals surface area contributed by atoms with Crippen LogP contribution in [0, 0.1) is 5.82 Å². The Hall–Kier alpha value is -0.910. The van der Waals surface area contributed by atoms with Crippen molar-refractivity contribution in [3.8, 4) is 0 Å². The molecular formula is C7H3BrF3NO. The van der Waals surface area contributed by atoms with Crippen LogP contribution in [0.4, 0.5) is 13.2 Å². The third-order valence-electron chi connectivity index (χ3n) is 1.29. The number of halogens is 4. The van der Waals surface area contributed by atoms with Gasteiger partial charge in [-0.15, -0.1) is 0 Å². The van der Waals surface area contributed by atoms with Crippen LogP contribution in [0.2, 0.25) is 0 Å². The zero-order valence-corrected chi connectivity index (χ0v) is 7.69. The average Bonchev–Trinajstić information content (AvgIpc) is 2.09. The number of nitrogens with zero attached hydrogens (tertiary/aromatic N) is 1. The number of alkyl halides is 2. The molecule has 0 atom stereocenters. The molecular weight excluding hydrogens is 251 g/mol. The topological polar surface area (TPSA) is 30.0 Å². The normalized spacial score (nSPS) is 10.5. The van der Waals surface area contributed by atoms with Gasteiger partial charge in [0, 0.05) is 0 Å². The van der Waals surface area contributed by atoms with E-state index >= 15 is 0 Å². The van der Waals surface area contributed by atoms with Crippen molar-refractivity contribution in [1.29, 1.82) is 0 Å². The number of hydrogen-bond acceptors (Lipinski definition) is 2. The van der Waals surface area contributed by atoms with Crippen LogP contribution >= 0.6 is 15.9 Å². The predicted octanol–water partition coefficient (Wildman–Crippen LogP) is 2.73. The maximum atomic E-state index is 12.9. The number of aldehydes is 1. The van der Waals surface area contributed by atoms with Crippen molar-refractivity contribution in [2.45, 2.75) is 6.43 Å². The first-order chi connectivity index (χ1) is 6.06. The summed E-state index contributed by atoms with van der Waals surface area (Å²) in [4.78, 5) is 13.3. The van der Waals surface area contributed by atoms with Gasteiger partial charge in [0.05, 0.1) is 4.47 Å². The summed E-state index contributed by atoms with van der Waals surface area (Å²) in [6.07, 6.45) is -2.73. The molecule has 13 heavy (non-hydrogen) atoms. The van der Waals surface area contributed by atoms with Crippen LogP contribution in [0.15, 0.2) is 10.5 Å². The molecule has 0 amide bonds. The van der Waals surface area contributed by atoms with Gasteiger partial charge in [0.1, 0.15) is 11.4 Å². The second-order valence-corrected chi connectivity index (χ2v) is 3.00. The van der Waals surface area contributed by atoms with E-state index in [-0.39, 0.29) is 10.8 Å². The van der Waals surface area contributed by atoms with Crippen molar-refractivity contribution >= 4 is 22.2 Å². The van der Waals surface area contributed by atoms with E-state index in [0.717, 1.165) is 6.07 Å². The highest BCUT2D eigenvalue weighted by Gasteiger charge is 2.15. The van der Waals surface area contributed by atoms with Crippen molar-refractivity contribution in [3.05, 3.63) is 27.7 Å². The van der Waals surface area contributed by atoms with Crippen LogP contribution in [-0.2, 0) is 0 Å². The van der Waals surface area contributed by atoms with Gasteiger partial charge in [0.15, 0.2) is 12.1 Å². The van der Waals surface area contributed by atoms with Crippen molar-refractivity contribution in [1.82, 2.24) is 4.98 Å². The molecule has 1 heterocycles. The van der Waals surface area contributed by atoms with Gasteiger partial charge in [0.25, 0.3) is 6.43 Å². The summed E-state index contributed by atoms with van der Waals surface area (Å²) in [7, 11) is 0. The third-order valence-corrected chi connectivity index (χ3v) is 1.87. The second kappa shape index (κ2) is 3.87. The lowest BCUT2D eigenvalue weighted by Crippen LogP contribution is -1.99. The molecule has 0 aromatic carbocycles. The Morgan fingerprint density at radius 1 is 1.54 bits per heavy atom. The maximum absolute atomic E-state index is 12.9. The number of pyridine rings is 1. The van der Waals surface area contributed by atoms with E-state index in [1.807, 2.05) is 0 Å². The van der Waals surface area contributed by atoms with Gasteiger partial charge in [-0.1, -0.05) is 0 Å². The monoisotopic (exact) mass is 253 g/mol. The highest BCUT2D eigenvalue weighted by Crippen LogP contribution is 2.23. The minimum absolute atomic E-state index is 0.0893. The molecule has 0 aliphatic rings. The highest BCUT2D eigenvalue weighted by atomic mass is 79.9. The fraction of sp³-hybridized carbons (Fsp3) is 0.143.